The molecule has 2 aromatic carbocycles. The number of benzene rings is 2. The molecule has 1 aromatic heterocycles. The van der Waals surface area contributed by atoms with Crippen LogP contribution in [0.25, 0.3) is 10.9 Å². The standard InChI is InChI=1S/C23H25ClN2O3/c1-15(29-19-5-3-4-17(24)12-19)23(27)26-10-8-16(9-11-26)21-14-25-22-7-6-18(28-2)13-20(21)22/h3-7,12-16,25H,8-11H2,1-2H3. The van der Waals surface area contributed by atoms with Crippen LogP contribution >= 0.6 is 11.6 Å². The number of ether oxygens (including phenoxy) is 2. The Balaban J connectivity index is 1.39. The predicted octanol–water partition coefficient (Wildman–Crippen LogP) is 5.00. The normalized spacial score (nSPS) is 16.0. The van der Waals surface area contributed by atoms with Crippen molar-refractivity contribution < 1.29 is 14.3 Å². The summed E-state index contributed by atoms with van der Waals surface area (Å²) in [6, 6.07) is 13.2. The van der Waals surface area contributed by atoms with E-state index in [2.05, 4.69) is 17.2 Å². The van der Waals surface area contributed by atoms with E-state index < -0.39 is 6.10 Å². The number of halogens is 1. The van der Waals surface area contributed by atoms with Crippen molar-refractivity contribution in [3.63, 3.8) is 0 Å². The number of nitrogens with one attached hydrogen (secondary N) is 1. The maximum absolute atomic E-state index is 12.8. The molecule has 5 nitrogen and oxygen atoms in total. The number of methoxy groups -OCH3 is 1. The van der Waals surface area contributed by atoms with E-state index in [9.17, 15) is 4.79 Å². The number of rotatable bonds is 5. The van der Waals surface area contributed by atoms with Crippen LogP contribution in [0, 0.1) is 0 Å². The van der Waals surface area contributed by atoms with Crippen molar-refractivity contribution in [3.8, 4) is 11.5 Å². The van der Waals surface area contributed by atoms with Gasteiger partial charge in [0.25, 0.3) is 5.91 Å². The maximum atomic E-state index is 12.8. The number of likely N-dealkylation sites (tertiary alicyclic amines) is 1. The van der Waals surface area contributed by atoms with Crippen molar-refractivity contribution in [2.45, 2.75) is 31.8 Å². The molecule has 1 amide bonds. The first-order chi connectivity index (χ1) is 14.0. The fraction of sp³-hybridized carbons (Fsp3) is 0.348. The Morgan fingerprint density at radius 3 is 2.69 bits per heavy atom. The average Bonchev–Trinajstić information content (AvgIpc) is 3.16. The second-order valence-electron chi connectivity index (χ2n) is 7.47. The van der Waals surface area contributed by atoms with Gasteiger partial charge in [-0.15, -0.1) is 0 Å². The van der Waals surface area contributed by atoms with Gasteiger partial charge in [-0.2, -0.15) is 0 Å². The summed E-state index contributed by atoms with van der Waals surface area (Å²) in [4.78, 5) is 18.1. The lowest BCUT2D eigenvalue weighted by atomic mass is 9.89. The zero-order valence-corrected chi connectivity index (χ0v) is 17.4. The fourth-order valence-corrected chi connectivity index (χ4v) is 4.23. The van der Waals surface area contributed by atoms with Crippen LogP contribution in [-0.4, -0.2) is 42.1 Å². The predicted molar refractivity (Wildman–Crippen MR) is 115 cm³/mol. The van der Waals surface area contributed by atoms with Gasteiger partial charge in [0.15, 0.2) is 6.10 Å². The van der Waals surface area contributed by atoms with E-state index in [0.717, 1.165) is 37.2 Å². The Morgan fingerprint density at radius 1 is 1.17 bits per heavy atom. The van der Waals surface area contributed by atoms with Gasteiger partial charge >= 0.3 is 0 Å². The molecule has 29 heavy (non-hydrogen) atoms. The first kappa shape index (κ1) is 19.6. The molecule has 0 aliphatic carbocycles. The average molecular weight is 413 g/mol. The third kappa shape index (κ3) is 4.20. The Hall–Kier alpha value is -2.66. The number of amides is 1. The molecule has 0 bridgehead atoms. The molecule has 1 N–H and O–H groups in total. The SMILES string of the molecule is COc1ccc2[nH]cc(C3CCN(C(=O)C(C)Oc4cccc(Cl)c4)CC3)c2c1. The number of piperidine rings is 1. The van der Waals surface area contributed by atoms with Gasteiger partial charge in [0, 0.05) is 35.2 Å². The van der Waals surface area contributed by atoms with E-state index >= 15 is 0 Å². The van der Waals surface area contributed by atoms with Crippen LogP contribution in [0.5, 0.6) is 11.5 Å². The number of nitrogens with zero attached hydrogens (tertiary/aromatic N) is 1. The van der Waals surface area contributed by atoms with Gasteiger partial charge in [0.2, 0.25) is 0 Å². The first-order valence-electron chi connectivity index (χ1n) is 9.91. The summed E-state index contributed by atoms with van der Waals surface area (Å²) in [5.41, 5.74) is 2.41. The van der Waals surface area contributed by atoms with Gasteiger partial charge in [0.1, 0.15) is 11.5 Å². The summed E-state index contributed by atoms with van der Waals surface area (Å²) in [6.07, 6.45) is 3.42. The van der Waals surface area contributed by atoms with Crippen LogP contribution in [-0.2, 0) is 4.79 Å². The Kier molecular flexibility index (Phi) is 5.67. The highest BCUT2D eigenvalue weighted by atomic mass is 35.5. The fourth-order valence-electron chi connectivity index (χ4n) is 4.05. The van der Waals surface area contributed by atoms with Crippen LogP contribution in [0.15, 0.2) is 48.7 Å². The minimum atomic E-state index is -0.539. The smallest absolute Gasteiger partial charge is 0.263 e. The van der Waals surface area contributed by atoms with Crippen molar-refractivity contribution in [1.82, 2.24) is 9.88 Å². The highest BCUT2D eigenvalue weighted by Crippen LogP contribution is 2.35. The Labute approximate surface area is 175 Å². The van der Waals surface area contributed by atoms with Crippen molar-refractivity contribution in [2.75, 3.05) is 20.2 Å². The van der Waals surface area contributed by atoms with Crippen molar-refractivity contribution in [2.24, 2.45) is 0 Å². The van der Waals surface area contributed by atoms with Crippen molar-refractivity contribution >= 4 is 28.4 Å². The Morgan fingerprint density at radius 2 is 1.97 bits per heavy atom. The number of hydrogen-bond acceptors (Lipinski definition) is 3. The van der Waals surface area contributed by atoms with E-state index in [4.69, 9.17) is 21.1 Å². The molecule has 0 saturated carbocycles. The van der Waals surface area contributed by atoms with Crippen molar-refractivity contribution in [3.05, 3.63) is 59.2 Å². The highest BCUT2D eigenvalue weighted by Gasteiger charge is 2.28. The molecule has 152 valence electrons. The van der Waals surface area contributed by atoms with Crippen LogP contribution in [0.1, 0.15) is 31.2 Å². The largest absolute Gasteiger partial charge is 0.497 e. The van der Waals surface area contributed by atoms with Crippen LogP contribution in [0.2, 0.25) is 5.02 Å². The van der Waals surface area contributed by atoms with Gasteiger partial charge in [-0.25, -0.2) is 0 Å². The summed E-state index contributed by atoms with van der Waals surface area (Å²) >= 11 is 6.00. The molecule has 1 unspecified atom stereocenters. The summed E-state index contributed by atoms with van der Waals surface area (Å²) in [7, 11) is 1.68. The number of fused-ring (bicyclic) bond motifs is 1. The Bertz CT molecular complexity index is 1010. The number of aromatic nitrogens is 1. The highest BCUT2D eigenvalue weighted by molar-refractivity contribution is 6.30. The van der Waals surface area contributed by atoms with Gasteiger partial charge < -0.3 is 19.4 Å². The number of carbonyl (C=O) groups excluding carboxylic acids is 1. The van der Waals surface area contributed by atoms with Crippen molar-refractivity contribution in [1.29, 1.82) is 0 Å². The molecule has 1 aliphatic heterocycles. The molecule has 1 fully saturated rings. The van der Waals surface area contributed by atoms with E-state index in [-0.39, 0.29) is 5.91 Å². The molecule has 1 saturated heterocycles. The topological polar surface area (TPSA) is 54.6 Å². The minimum Gasteiger partial charge on any atom is -0.497 e. The van der Waals surface area contributed by atoms with Gasteiger partial charge in [-0.3, -0.25) is 4.79 Å². The third-order valence-electron chi connectivity index (χ3n) is 5.62. The number of carbonyl (C=O) groups is 1. The second-order valence-corrected chi connectivity index (χ2v) is 7.91. The van der Waals surface area contributed by atoms with E-state index in [1.165, 1.54) is 10.9 Å². The van der Waals surface area contributed by atoms with Gasteiger partial charge in [0.05, 0.1) is 7.11 Å². The first-order valence-corrected chi connectivity index (χ1v) is 10.3. The maximum Gasteiger partial charge on any atom is 0.263 e. The van der Waals surface area contributed by atoms with Crippen LogP contribution < -0.4 is 9.47 Å². The lowest BCUT2D eigenvalue weighted by molar-refractivity contribution is -0.139. The molecule has 2 heterocycles. The van der Waals surface area contributed by atoms with E-state index in [1.807, 2.05) is 29.2 Å². The molecule has 6 heteroatoms. The summed E-state index contributed by atoms with van der Waals surface area (Å²) in [5, 5.41) is 1.80. The summed E-state index contributed by atoms with van der Waals surface area (Å²) < 4.78 is 11.2. The lowest BCUT2D eigenvalue weighted by Crippen LogP contribution is -2.44. The lowest BCUT2D eigenvalue weighted by Gasteiger charge is -2.33. The number of hydrogen-bond donors (Lipinski definition) is 1. The zero-order chi connectivity index (χ0) is 20.4. The number of aromatic amines is 1. The molecule has 0 radical (unpaired) electrons. The quantitative estimate of drug-likeness (QED) is 0.641. The van der Waals surface area contributed by atoms with Gasteiger partial charge in [-0.05, 0) is 67.6 Å². The number of H-pyrrole nitrogens is 1. The molecule has 0 spiro atoms. The molecular formula is C23H25ClN2O3. The van der Waals surface area contributed by atoms with E-state index in [0.29, 0.717) is 16.7 Å². The monoisotopic (exact) mass is 412 g/mol. The van der Waals surface area contributed by atoms with E-state index in [1.54, 1.807) is 26.2 Å². The molecule has 3 aromatic rings. The summed E-state index contributed by atoms with van der Waals surface area (Å²) in [5.74, 6) is 1.91. The van der Waals surface area contributed by atoms with Gasteiger partial charge in [-0.1, -0.05) is 17.7 Å². The molecular weight excluding hydrogens is 388 g/mol. The third-order valence-corrected chi connectivity index (χ3v) is 5.86. The zero-order valence-electron chi connectivity index (χ0n) is 16.7. The molecule has 4 rings (SSSR count). The summed E-state index contributed by atoms with van der Waals surface area (Å²) in [6.45, 7) is 3.24. The minimum absolute atomic E-state index is 0.0176. The second kappa shape index (κ2) is 8.37. The molecule has 1 aliphatic rings. The molecule has 1 atom stereocenters. The van der Waals surface area contributed by atoms with Crippen LogP contribution in [0.3, 0.4) is 0 Å². The van der Waals surface area contributed by atoms with Crippen LogP contribution in [0.4, 0.5) is 0 Å².